The summed E-state index contributed by atoms with van der Waals surface area (Å²) >= 11 is 3.48. The van der Waals surface area contributed by atoms with Gasteiger partial charge in [-0.2, -0.15) is 5.26 Å². The predicted molar refractivity (Wildman–Crippen MR) is 85.3 cm³/mol. The van der Waals surface area contributed by atoms with Crippen LogP contribution in [0.15, 0.2) is 59.1 Å². The minimum absolute atomic E-state index is 0.0895. The first kappa shape index (κ1) is 14.8. The predicted octanol–water partition coefficient (Wildman–Crippen LogP) is 4.19. The van der Waals surface area contributed by atoms with Crippen molar-refractivity contribution >= 4 is 15.9 Å². The molecule has 2 aromatic rings. The molecule has 0 saturated heterocycles. The van der Waals surface area contributed by atoms with Crippen molar-refractivity contribution in [3.63, 3.8) is 0 Å². The molecule has 0 radical (unpaired) electrons. The largest absolute Gasteiger partial charge is 0.300 e. The number of hydrogen-bond donors (Lipinski definition) is 0. The van der Waals surface area contributed by atoms with Crippen LogP contribution in [0.3, 0.4) is 0 Å². The number of rotatable bonds is 5. The molecule has 1 atom stereocenters. The lowest BCUT2D eigenvalue weighted by molar-refractivity contribution is 0.320. The highest BCUT2D eigenvalue weighted by molar-refractivity contribution is 9.10. The maximum Gasteiger partial charge on any atom is 0.0839 e. The Morgan fingerprint density at radius 3 is 2.55 bits per heavy atom. The Morgan fingerprint density at radius 1 is 1.15 bits per heavy atom. The van der Waals surface area contributed by atoms with Gasteiger partial charge in [0.15, 0.2) is 0 Å². The van der Waals surface area contributed by atoms with Gasteiger partial charge in [-0.15, -0.1) is 0 Å². The first-order chi connectivity index (χ1) is 9.69. The van der Waals surface area contributed by atoms with Gasteiger partial charge in [0.05, 0.1) is 12.0 Å². The Bertz CT molecular complexity index is 589. The number of benzene rings is 2. The maximum atomic E-state index is 9.35. The van der Waals surface area contributed by atoms with Crippen molar-refractivity contribution in [2.45, 2.75) is 12.5 Å². The standard InChI is InChI=1S/C17H17BrN2/c1-20(12-14-6-5-9-17(18)10-14)13-16(11-19)15-7-3-2-4-8-15/h2-10,16H,12-13H2,1H3. The molecule has 0 aromatic heterocycles. The Kier molecular flexibility index (Phi) is 5.34. The van der Waals surface area contributed by atoms with Gasteiger partial charge in [-0.25, -0.2) is 0 Å². The molecule has 0 N–H and O–H groups in total. The van der Waals surface area contributed by atoms with Gasteiger partial charge in [0.2, 0.25) is 0 Å². The van der Waals surface area contributed by atoms with Crippen LogP contribution in [-0.4, -0.2) is 18.5 Å². The Labute approximate surface area is 128 Å². The topological polar surface area (TPSA) is 27.0 Å². The summed E-state index contributed by atoms with van der Waals surface area (Å²) in [6.45, 7) is 1.57. The fraction of sp³-hybridized carbons (Fsp3) is 0.235. The number of likely N-dealkylation sites (N-methyl/N-ethyl adjacent to an activating group) is 1. The Balaban J connectivity index is 2.00. The van der Waals surface area contributed by atoms with E-state index in [1.807, 2.05) is 49.5 Å². The first-order valence-corrected chi connectivity index (χ1v) is 7.36. The van der Waals surface area contributed by atoms with Crippen LogP contribution in [0.5, 0.6) is 0 Å². The van der Waals surface area contributed by atoms with Gasteiger partial charge in [0.1, 0.15) is 0 Å². The number of nitriles is 1. The monoisotopic (exact) mass is 328 g/mol. The van der Waals surface area contributed by atoms with Crippen LogP contribution in [0.25, 0.3) is 0 Å². The third-order valence-electron chi connectivity index (χ3n) is 3.19. The molecule has 2 aromatic carbocycles. The minimum Gasteiger partial charge on any atom is -0.300 e. The second-order valence-electron chi connectivity index (χ2n) is 4.92. The van der Waals surface area contributed by atoms with Gasteiger partial charge in [-0.05, 0) is 30.3 Å². The molecule has 2 nitrogen and oxygen atoms in total. The molecule has 0 saturated carbocycles. The Hall–Kier alpha value is -1.63. The van der Waals surface area contributed by atoms with Crippen LogP contribution in [0.1, 0.15) is 17.0 Å². The second kappa shape index (κ2) is 7.23. The zero-order valence-electron chi connectivity index (χ0n) is 11.5. The van der Waals surface area contributed by atoms with Gasteiger partial charge in [0, 0.05) is 17.6 Å². The first-order valence-electron chi connectivity index (χ1n) is 6.56. The average molecular weight is 329 g/mol. The molecule has 102 valence electrons. The summed E-state index contributed by atoms with van der Waals surface area (Å²) in [6.07, 6.45) is 0. The normalized spacial score (nSPS) is 12.1. The highest BCUT2D eigenvalue weighted by atomic mass is 79.9. The van der Waals surface area contributed by atoms with Crippen molar-refractivity contribution in [2.75, 3.05) is 13.6 Å². The molecular weight excluding hydrogens is 312 g/mol. The van der Waals surface area contributed by atoms with E-state index in [4.69, 9.17) is 0 Å². The summed E-state index contributed by atoms with van der Waals surface area (Å²) in [7, 11) is 2.05. The Morgan fingerprint density at radius 2 is 1.90 bits per heavy atom. The van der Waals surface area contributed by atoms with Crippen molar-refractivity contribution in [2.24, 2.45) is 0 Å². The second-order valence-corrected chi connectivity index (χ2v) is 5.83. The number of halogens is 1. The van der Waals surface area contributed by atoms with E-state index in [9.17, 15) is 5.26 Å². The SMILES string of the molecule is CN(Cc1cccc(Br)c1)CC(C#N)c1ccccc1. The summed E-state index contributed by atoms with van der Waals surface area (Å²) in [5.41, 5.74) is 2.32. The lowest BCUT2D eigenvalue weighted by Crippen LogP contribution is -2.23. The minimum atomic E-state index is -0.0895. The van der Waals surface area contributed by atoms with Crippen LogP contribution in [0, 0.1) is 11.3 Å². The fourth-order valence-electron chi connectivity index (χ4n) is 2.23. The van der Waals surface area contributed by atoms with E-state index in [1.54, 1.807) is 0 Å². The summed E-state index contributed by atoms with van der Waals surface area (Å²) in [4.78, 5) is 2.18. The third-order valence-corrected chi connectivity index (χ3v) is 3.69. The molecular formula is C17H17BrN2. The summed E-state index contributed by atoms with van der Waals surface area (Å²) in [5, 5.41) is 9.35. The smallest absolute Gasteiger partial charge is 0.0839 e. The molecule has 3 heteroatoms. The van der Waals surface area contributed by atoms with E-state index >= 15 is 0 Å². The maximum absolute atomic E-state index is 9.35. The molecule has 0 aliphatic carbocycles. The molecule has 0 amide bonds. The van der Waals surface area contributed by atoms with Crippen molar-refractivity contribution in [1.82, 2.24) is 4.90 Å². The van der Waals surface area contributed by atoms with Gasteiger partial charge >= 0.3 is 0 Å². The van der Waals surface area contributed by atoms with Crippen LogP contribution in [0.2, 0.25) is 0 Å². The van der Waals surface area contributed by atoms with Gasteiger partial charge in [0.25, 0.3) is 0 Å². The molecule has 0 aliphatic heterocycles. The van der Waals surface area contributed by atoms with E-state index in [0.29, 0.717) is 0 Å². The van der Waals surface area contributed by atoms with Crippen LogP contribution in [0.4, 0.5) is 0 Å². The molecule has 0 fully saturated rings. The van der Waals surface area contributed by atoms with Crippen LogP contribution in [-0.2, 0) is 6.54 Å². The van der Waals surface area contributed by atoms with Crippen molar-refractivity contribution in [3.05, 3.63) is 70.2 Å². The van der Waals surface area contributed by atoms with Crippen molar-refractivity contribution in [1.29, 1.82) is 5.26 Å². The highest BCUT2D eigenvalue weighted by Crippen LogP contribution is 2.18. The van der Waals surface area contributed by atoms with Gasteiger partial charge < -0.3 is 4.90 Å². The van der Waals surface area contributed by atoms with Crippen molar-refractivity contribution in [3.8, 4) is 6.07 Å². The summed E-state index contributed by atoms with van der Waals surface area (Å²) in [5.74, 6) is -0.0895. The molecule has 20 heavy (non-hydrogen) atoms. The summed E-state index contributed by atoms with van der Waals surface area (Å²) < 4.78 is 1.09. The average Bonchev–Trinajstić information content (AvgIpc) is 2.45. The van der Waals surface area contributed by atoms with E-state index in [0.717, 1.165) is 23.1 Å². The van der Waals surface area contributed by atoms with Crippen molar-refractivity contribution < 1.29 is 0 Å². The number of nitrogens with zero attached hydrogens (tertiary/aromatic N) is 2. The van der Waals surface area contributed by atoms with Gasteiger partial charge in [-0.3, -0.25) is 0 Å². The summed E-state index contributed by atoms with van der Waals surface area (Å²) in [6, 6.07) is 20.6. The van der Waals surface area contributed by atoms with E-state index in [2.05, 4.69) is 39.0 Å². The quantitative estimate of drug-likeness (QED) is 0.822. The lowest BCUT2D eigenvalue weighted by Gasteiger charge is -2.20. The third kappa shape index (κ3) is 4.19. The molecule has 0 bridgehead atoms. The molecule has 0 spiro atoms. The lowest BCUT2D eigenvalue weighted by atomic mass is 10.00. The molecule has 0 aliphatic rings. The zero-order valence-corrected chi connectivity index (χ0v) is 13.0. The highest BCUT2D eigenvalue weighted by Gasteiger charge is 2.13. The van der Waals surface area contributed by atoms with E-state index in [1.165, 1.54) is 5.56 Å². The number of hydrogen-bond acceptors (Lipinski definition) is 2. The molecule has 1 unspecified atom stereocenters. The van der Waals surface area contributed by atoms with Crippen LogP contribution < -0.4 is 0 Å². The van der Waals surface area contributed by atoms with Crippen LogP contribution >= 0.6 is 15.9 Å². The van der Waals surface area contributed by atoms with E-state index in [-0.39, 0.29) is 5.92 Å². The molecule has 2 rings (SSSR count). The fourth-order valence-corrected chi connectivity index (χ4v) is 2.68. The van der Waals surface area contributed by atoms with E-state index < -0.39 is 0 Å². The zero-order chi connectivity index (χ0) is 14.4. The molecule has 0 heterocycles. The van der Waals surface area contributed by atoms with Gasteiger partial charge in [-0.1, -0.05) is 58.4 Å².